The van der Waals surface area contributed by atoms with Gasteiger partial charge in [-0.25, -0.2) is 4.98 Å². The van der Waals surface area contributed by atoms with Crippen molar-refractivity contribution in [2.45, 2.75) is 38.6 Å². The third-order valence-corrected chi connectivity index (χ3v) is 2.22. The molecule has 0 radical (unpaired) electrons. The van der Waals surface area contributed by atoms with Crippen molar-refractivity contribution in [3.8, 4) is 0 Å². The van der Waals surface area contributed by atoms with Crippen LogP contribution in [0.5, 0.6) is 0 Å². The molecule has 2 N–H and O–H groups in total. The third kappa shape index (κ3) is 1.71. The summed E-state index contributed by atoms with van der Waals surface area (Å²) in [5, 5.41) is 15.4. The van der Waals surface area contributed by atoms with E-state index in [1.165, 1.54) is 0 Å². The Balaban J connectivity index is 2.08. The molecular weight excluding hydrogens is 170 g/mol. The monoisotopic (exact) mass is 183 g/mol. The quantitative estimate of drug-likeness (QED) is 0.701. The molecule has 1 saturated heterocycles. The predicted molar refractivity (Wildman–Crippen MR) is 44.8 cm³/mol. The number of hydrogen-bond acceptors (Lipinski definition) is 4. The van der Waals surface area contributed by atoms with E-state index in [1.54, 1.807) is 0 Å². The van der Waals surface area contributed by atoms with E-state index in [-0.39, 0.29) is 12.7 Å². The van der Waals surface area contributed by atoms with Crippen LogP contribution in [0, 0.1) is 0 Å². The van der Waals surface area contributed by atoms with Gasteiger partial charge in [0, 0.05) is 0 Å². The minimum Gasteiger partial charge on any atom is -0.388 e. The van der Waals surface area contributed by atoms with Gasteiger partial charge in [0.05, 0.1) is 6.10 Å². The second-order valence-electron chi connectivity index (χ2n) is 3.31. The van der Waals surface area contributed by atoms with Gasteiger partial charge in [0.1, 0.15) is 18.5 Å². The van der Waals surface area contributed by atoms with Crippen LogP contribution in [0.2, 0.25) is 0 Å². The maximum absolute atomic E-state index is 8.77. The molecule has 1 aliphatic rings. The number of ether oxygens (including phenoxy) is 1. The van der Waals surface area contributed by atoms with E-state index in [4.69, 9.17) is 9.84 Å². The molecule has 0 bridgehead atoms. The first-order valence-electron chi connectivity index (χ1n) is 4.47. The summed E-state index contributed by atoms with van der Waals surface area (Å²) >= 11 is 0. The molecular formula is C8H13N3O2. The Morgan fingerprint density at radius 3 is 3.00 bits per heavy atom. The van der Waals surface area contributed by atoms with Gasteiger partial charge in [-0.1, -0.05) is 0 Å². The Labute approximate surface area is 76.1 Å². The molecule has 0 saturated carbocycles. The van der Waals surface area contributed by atoms with Gasteiger partial charge in [-0.05, 0) is 19.8 Å². The number of nitrogens with zero attached hydrogens (tertiary/aromatic N) is 2. The summed E-state index contributed by atoms with van der Waals surface area (Å²) in [6, 6.07) is 0. The van der Waals surface area contributed by atoms with Crippen LogP contribution in [0.15, 0.2) is 0 Å². The Bertz CT molecular complexity index is 287. The molecule has 2 rings (SSSR count). The number of nitrogens with one attached hydrogen (secondary N) is 1. The molecule has 1 aromatic heterocycles. The first kappa shape index (κ1) is 8.65. The lowest BCUT2D eigenvalue weighted by Gasteiger charge is -2.05. The average molecular weight is 183 g/mol. The van der Waals surface area contributed by atoms with Crippen molar-refractivity contribution >= 4 is 0 Å². The molecule has 1 fully saturated rings. The number of aliphatic hydroxyl groups is 1. The van der Waals surface area contributed by atoms with Gasteiger partial charge in [0.25, 0.3) is 0 Å². The first-order chi connectivity index (χ1) is 6.29. The SMILES string of the molecule is CC1CCC(c2n[nH]c(CO)n2)O1. The fourth-order valence-corrected chi connectivity index (χ4v) is 1.52. The van der Waals surface area contributed by atoms with Gasteiger partial charge in [-0.15, -0.1) is 0 Å². The standard InChI is InChI=1S/C8H13N3O2/c1-5-2-3-6(13-5)8-9-7(4-12)10-11-8/h5-6,12H,2-4H2,1H3,(H,9,10,11). The highest BCUT2D eigenvalue weighted by Crippen LogP contribution is 2.30. The van der Waals surface area contributed by atoms with Gasteiger partial charge in [0.2, 0.25) is 0 Å². The highest BCUT2D eigenvalue weighted by molar-refractivity contribution is 4.95. The van der Waals surface area contributed by atoms with Crippen LogP contribution < -0.4 is 0 Å². The molecule has 2 heterocycles. The second kappa shape index (κ2) is 3.43. The number of aliphatic hydroxyl groups excluding tert-OH is 1. The molecule has 0 amide bonds. The third-order valence-electron chi connectivity index (χ3n) is 2.22. The van der Waals surface area contributed by atoms with E-state index < -0.39 is 0 Å². The van der Waals surface area contributed by atoms with E-state index in [0.29, 0.717) is 17.8 Å². The van der Waals surface area contributed by atoms with Crippen LogP contribution in [0.1, 0.15) is 37.5 Å². The number of aromatic nitrogens is 3. The average Bonchev–Trinajstić information content (AvgIpc) is 2.71. The largest absolute Gasteiger partial charge is 0.388 e. The molecule has 0 spiro atoms. The number of H-pyrrole nitrogens is 1. The van der Waals surface area contributed by atoms with Gasteiger partial charge in [-0.2, -0.15) is 5.10 Å². The van der Waals surface area contributed by atoms with Crippen LogP contribution in [0.4, 0.5) is 0 Å². The van der Waals surface area contributed by atoms with E-state index in [9.17, 15) is 0 Å². The van der Waals surface area contributed by atoms with Crippen molar-refractivity contribution < 1.29 is 9.84 Å². The fourth-order valence-electron chi connectivity index (χ4n) is 1.52. The van der Waals surface area contributed by atoms with Crippen LogP contribution in [0.3, 0.4) is 0 Å². The molecule has 72 valence electrons. The van der Waals surface area contributed by atoms with Crippen molar-refractivity contribution in [1.82, 2.24) is 15.2 Å². The maximum Gasteiger partial charge on any atom is 0.179 e. The van der Waals surface area contributed by atoms with Gasteiger partial charge in [0.15, 0.2) is 5.82 Å². The zero-order valence-corrected chi connectivity index (χ0v) is 7.53. The lowest BCUT2D eigenvalue weighted by atomic mass is 10.2. The minimum atomic E-state index is -0.102. The lowest BCUT2D eigenvalue weighted by Crippen LogP contribution is -2.02. The van der Waals surface area contributed by atoms with Crippen LogP contribution in [-0.4, -0.2) is 26.4 Å². The summed E-state index contributed by atoms with van der Waals surface area (Å²) in [4.78, 5) is 4.10. The molecule has 5 heteroatoms. The van der Waals surface area contributed by atoms with E-state index >= 15 is 0 Å². The van der Waals surface area contributed by atoms with Gasteiger partial charge >= 0.3 is 0 Å². The summed E-state index contributed by atoms with van der Waals surface area (Å²) in [5.74, 6) is 1.16. The zero-order valence-electron chi connectivity index (χ0n) is 7.53. The number of rotatable bonds is 2. The Kier molecular flexibility index (Phi) is 2.28. The summed E-state index contributed by atoms with van der Waals surface area (Å²) in [6.45, 7) is 1.94. The predicted octanol–water partition coefficient (Wildman–Crippen LogP) is 0.537. The fraction of sp³-hybridized carbons (Fsp3) is 0.750. The number of hydrogen-bond donors (Lipinski definition) is 2. The molecule has 13 heavy (non-hydrogen) atoms. The molecule has 2 atom stereocenters. The molecule has 0 aliphatic carbocycles. The normalized spacial score (nSPS) is 28.2. The van der Waals surface area contributed by atoms with Crippen molar-refractivity contribution in [3.63, 3.8) is 0 Å². The lowest BCUT2D eigenvalue weighted by molar-refractivity contribution is 0.0504. The smallest absolute Gasteiger partial charge is 0.179 e. The molecule has 0 aromatic carbocycles. The second-order valence-corrected chi connectivity index (χ2v) is 3.31. The van der Waals surface area contributed by atoms with Crippen molar-refractivity contribution in [3.05, 3.63) is 11.6 Å². The summed E-state index contributed by atoms with van der Waals surface area (Å²) in [6.07, 6.45) is 2.31. The Hall–Kier alpha value is -0.940. The van der Waals surface area contributed by atoms with E-state index in [2.05, 4.69) is 15.2 Å². The topological polar surface area (TPSA) is 71.0 Å². The summed E-state index contributed by atoms with van der Waals surface area (Å²) in [7, 11) is 0. The Morgan fingerprint density at radius 1 is 1.62 bits per heavy atom. The summed E-state index contributed by atoms with van der Waals surface area (Å²) < 4.78 is 5.58. The molecule has 2 unspecified atom stereocenters. The van der Waals surface area contributed by atoms with Crippen LogP contribution >= 0.6 is 0 Å². The molecule has 5 nitrogen and oxygen atoms in total. The van der Waals surface area contributed by atoms with Crippen LogP contribution in [-0.2, 0) is 11.3 Å². The van der Waals surface area contributed by atoms with Crippen molar-refractivity contribution in [2.24, 2.45) is 0 Å². The van der Waals surface area contributed by atoms with Crippen molar-refractivity contribution in [2.75, 3.05) is 0 Å². The maximum atomic E-state index is 8.77. The number of aromatic amines is 1. The first-order valence-corrected chi connectivity index (χ1v) is 4.47. The Morgan fingerprint density at radius 2 is 2.46 bits per heavy atom. The molecule has 1 aliphatic heterocycles. The van der Waals surface area contributed by atoms with Gasteiger partial charge in [-0.3, -0.25) is 5.10 Å². The zero-order chi connectivity index (χ0) is 9.26. The van der Waals surface area contributed by atoms with Crippen molar-refractivity contribution in [1.29, 1.82) is 0 Å². The highest BCUT2D eigenvalue weighted by atomic mass is 16.5. The highest BCUT2D eigenvalue weighted by Gasteiger charge is 2.26. The summed E-state index contributed by atoms with van der Waals surface area (Å²) in [5.41, 5.74) is 0. The van der Waals surface area contributed by atoms with Crippen LogP contribution in [0.25, 0.3) is 0 Å². The molecule has 1 aromatic rings. The van der Waals surface area contributed by atoms with E-state index in [1.807, 2.05) is 6.92 Å². The van der Waals surface area contributed by atoms with Gasteiger partial charge < -0.3 is 9.84 Å². The van der Waals surface area contributed by atoms with E-state index in [0.717, 1.165) is 12.8 Å². The minimum absolute atomic E-state index is 0.00606.